The summed E-state index contributed by atoms with van der Waals surface area (Å²) in [6, 6.07) is 1.74. The molecular formula is C11H14O4S. The second-order valence-corrected chi connectivity index (χ2v) is 3.96. The molecule has 0 aliphatic heterocycles. The Labute approximate surface area is 98.2 Å². The second kappa shape index (κ2) is 6.27. The molecule has 0 N–H and O–H groups in total. The van der Waals surface area contributed by atoms with Gasteiger partial charge in [-0.2, -0.15) is 0 Å². The molecule has 1 aromatic rings. The van der Waals surface area contributed by atoms with E-state index in [4.69, 9.17) is 9.47 Å². The van der Waals surface area contributed by atoms with Crippen molar-refractivity contribution >= 4 is 23.1 Å². The predicted octanol–water partition coefficient (Wildman–Crippen LogP) is 2.28. The number of esters is 1. The highest BCUT2D eigenvalue weighted by Gasteiger charge is 2.15. The van der Waals surface area contributed by atoms with Crippen LogP contribution in [0, 0.1) is 0 Å². The summed E-state index contributed by atoms with van der Waals surface area (Å²) in [5.41, 5.74) is 0. The Morgan fingerprint density at radius 1 is 1.38 bits per heavy atom. The van der Waals surface area contributed by atoms with Gasteiger partial charge in [-0.25, -0.2) is 0 Å². The SMILES string of the molecule is CCOC(=O)CCC(=O)c1sccc1OC. The number of carbonyl (C=O) groups is 2. The van der Waals surface area contributed by atoms with Crippen molar-refractivity contribution in [3.8, 4) is 5.75 Å². The summed E-state index contributed by atoms with van der Waals surface area (Å²) >= 11 is 1.32. The van der Waals surface area contributed by atoms with Crippen LogP contribution in [0.4, 0.5) is 0 Å². The summed E-state index contributed by atoms with van der Waals surface area (Å²) in [6.45, 7) is 2.08. The minimum absolute atomic E-state index is 0.0834. The van der Waals surface area contributed by atoms with Gasteiger partial charge in [-0.3, -0.25) is 9.59 Å². The molecule has 0 aliphatic rings. The Hall–Kier alpha value is -1.36. The van der Waals surface area contributed by atoms with Gasteiger partial charge in [0.25, 0.3) is 0 Å². The summed E-state index contributed by atoms with van der Waals surface area (Å²) < 4.78 is 9.78. The lowest BCUT2D eigenvalue weighted by molar-refractivity contribution is -0.143. The van der Waals surface area contributed by atoms with Gasteiger partial charge >= 0.3 is 5.97 Å². The Balaban J connectivity index is 2.50. The maximum absolute atomic E-state index is 11.7. The number of thiophene rings is 1. The van der Waals surface area contributed by atoms with Crippen LogP contribution in [0.5, 0.6) is 5.75 Å². The van der Waals surface area contributed by atoms with E-state index < -0.39 is 0 Å². The number of rotatable bonds is 6. The number of ketones is 1. The lowest BCUT2D eigenvalue weighted by atomic mass is 10.2. The Kier molecular flexibility index (Phi) is 4.98. The molecule has 0 bridgehead atoms. The van der Waals surface area contributed by atoms with Gasteiger partial charge in [0.15, 0.2) is 5.78 Å². The monoisotopic (exact) mass is 242 g/mol. The van der Waals surface area contributed by atoms with Crippen molar-refractivity contribution in [2.45, 2.75) is 19.8 Å². The van der Waals surface area contributed by atoms with E-state index in [0.717, 1.165) is 0 Å². The molecule has 0 saturated carbocycles. The lowest BCUT2D eigenvalue weighted by Gasteiger charge is -2.02. The highest BCUT2D eigenvalue weighted by molar-refractivity contribution is 7.12. The molecule has 5 heteroatoms. The highest BCUT2D eigenvalue weighted by Crippen LogP contribution is 2.26. The van der Waals surface area contributed by atoms with Crippen LogP contribution in [0.3, 0.4) is 0 Å². The van der Waals surface area contributed by atoms with E-state index in [1.165, 1.54) is 18.4 Å². The van der Waals surface area contributed by atoms with Crippen LogP contribution in [0.2, 0.25) is 0 Å². The Bertz CT molecular complexity index is 370. The van der Waals surface area contributed by atoms with Gasteiger partial charge in [-0.1, -0.05) is 0 Å². The van der Waals surface area contributed by atoms with Crippen LogP contribution in [-0.2, 0) is 9.53 Å². The van der Waals surface area contributed by atoms with Gasteiger partial charge in [0, 0.05) is 6.42 Å². The molecule has 16 heavy (non-hydrogen) atoms. The van der Waals surface area contributed by atoms with E-state index in [1.54, 1.807) is 18.4 Å². The zero-order valence-corrected chi connectivity index (χ0v) is 10.1. The van der Waals surface area contributed by atoms with E-state index in [9.17, 15) is 9.59 Å². The number of methoxy groups -OCH3 is 1. The standard InChI is InChI=1S/C11H14O4S/c1-3-15-10(13)5-4-8(12)11-9(14-2)6-7-16-11/h6-7H,3-5H2,1-2H3. The van der Waals surface area contributed by atoms with Gasteiger partial charge < -0.3 is 9.47 Å². The van der Waals surface area contributed by atoms with Gasteiger partial charge in [0.1, 0.15) is 10.6 Å². The van der Waals surface area contributed by atoms with Crippen LogP contribution < -0.4 is 4.74 Å². The molecule has 0 amide bonds. The molecule has 0 aromatic carbocycles. The summed E-state index contributed by atoms with van der Waals surface area (Å²) in [5.74, 6) is 0.144. The fourth-order valence-electron chi connectivity index (χ4n) is 1.22. The van der Waals surface area contributed by atoms with Crippen LogP contribution in [-0.4, -0.2) is 25.5 Å². The molecule has 0 aliphatic carbocycles. The third-order valence-corrected chi connectivity index (χ3v) is 2.90. The topological polar surface area (TPSA) is 52.6 Å². The molecule has 0 saturated heterocycles. The van der Waals surface area contributed by atoms with Crippen molar-refractivity contribution in [2.75, 3.05) is 13.7 Å². The Morgan fingerprint density at radius 3 is 2.75 bits per heavy atom. The lowest BCUT2D eigenvalue weighted by Crippen LogP contribution is -2.07. The summed E-state index contributed by atoms with van der Waals surface area (Å²) in [7, 11) is 1.52. The average Bonchev–Trinajstić information content (AvgIpc) is 2.74. The maximum atomic E-state index is 11.7. The first-order chi connectivity index (χ1) is 7.69. The quantitative estimate of drug-likeness (QED) is 0.567. The zero-order valence-electron chi connectivity index (χ0n) is 9.32. The van der Waals surface area contributed by atoms with Gasteiger partial charge in [0.05, 0.1) is 20.1 Å². The third-order valence-electron chi connectivity index (χ3n) is 1.96. The van der Waals surface area contributed by atoms with Crippen molar-refractivity contribution in [1.29, 1.82) is 0 Å². The van der Waals surface area contributed by atoms with E-state index in [2.05, 4.69) is 0 Å². The van der Waals surface area contributed by atoms with Crippen molar-refractivity contribution in [3.63, 3.8) is 0 Å². The van der Waals surface area contributed by atoms with Crippen LogP contribution in [0.25, 0.3) is 0 Å². The largest absolute Gasteiger partial charge is 0.495 e. The number of ether oxygens (including phenoxy) is 2. The molecule has 1 heterocycles. The minimum atomic E-state index is -0.341. The summed E-state index contributed by atoms with van der Waals surface area (Å²) in [5, 5.41) is 1.79. The first-order valence-corrected chi connectivity index (χ1v) is 5.87. The highest BCUT2D eigenvalue weighted by atomic mass is 32.1. The molecule has 0 atom stereocenters. The van der Waals surface area contributed by atoms with E-state index in [1.807, 2.05) is 0 Å². The van der Waals surface area contributed by atoms with E-state index in [0.29, 0.717) is 17.2 Å². The van der Waals surface area contributed by atoms with E-state index >= 15 is 0 Å². The summed E-state index contributed by atoms with van der Waals surface area (Å²) in [6.07, 6.45) is 0.281. The first kappa shape index (κ1) is 12.7. The van der Waals surface area contributed by atoms with Gasteiger partial charge in [0.2, 0.25) is 0 Å². The molecular weight excluding hydrogens is 228 g/mol. The van der Waals surface area contributed by atoms with Crippen molar-refractivity contribution < 1.29 is 19.1 Å². The normalized spacial score (nSPS) is 9.88. The van der Waals surface area contributed by atoms with Crippen LogP contribution in [0.1, 0.15) is 29.4 Å². The van der Waals surface area contributed by atoms with Gasteiger partial charge in [-0.15, -0.1) is 11.3 Å². The predicted molar refractivity (Wildman–Crippen MR) is 61.1 cm³/mol. The van der Waals surface area contributed by atoms with Gasteiger partial charge in [-0.05, 0) is 18.4 Å². The number of hydrogen-bond acceptors (Lipinski definition) is 5. The molecule has 1 aromatic heterocycles. The smallest absolute Gasteiger partial charge is 0.306 e. The van der Waals surface area contributed by atoms with Crippen LogP contribution >= 0.6 is 11.3 Å². The zero-order chi connectivity index (χ0) is 12.0. The Morgan fingerprint density at radius 2 is 2.12 bits per heavy atom. The average molecular weight is 242 g/mol. The van der Waals surface area contributed by atoms with Crippen molar-refractivity contribution in [2.24, 2.45) is 0 Å². The minimum Gasteiger partial charge on any atom is -0.495 e. The summed E-state index contributed by atoms with van der Waals surface area (Å²) in [4.78, 5) is 23.3. The van der Waals surface area contributed by atoms with Crippen molar-refractivity contribution in [3.05, 3.63) is 16.3 Å². The molecule has 0 radical (unpaired) electrons. The van der Waals surface area contributed by atoms with Crippen LogP contribution in [0.15, 0.2) is 11.4 Å². The molecule has 0 unspecified atom stereocenters. The number of carbonyl (C=O) groups excluding carboxylic acids is 2. The molecule has 88 valence electrons. The fourth-order valence-corrected chi connectivity index (χ4v) is 2.05. The number of hydrogen-bond donors (Lipinski definition) is 0. The van der Waals surface area contributed by atoms with E-state index in [-0.39, 0.29) is 24.6 Å². The first-order valence-electron chi connectivity index (χ1n) is 4.99. The maximum Gasteiger partial charge on any atom is 0.306 e. The molecule has 1 rings (SSSR count). The number of Topliss-reactive ketones (excluding diaryl/α,β-unsaturated/α-hetero) is 1. The molecule has 0 fully saturated rings. The fraction of sp³-hybridized carbons (Fsp3) is 0.455. The molecule has 4 nitrogen and oxygen atoms in total. The molecule has 0 spiro atoms. The third kappa shape index (κ3) is 3.34. The second-order valence-electron chi connectivity index (χ2n) is 3.05. The van der Waals surface area contributed by atoms with Crippen molar-refractivity contribution in [1.82, 2.24) is 0 Å².